The van der Waals surface area contributed by atoms with Crippen LogP contribution in [0.25, 0.3) is 0 Å². The maximum Gasteiger partial charge on any atom is 0.338 e. The van der Waals surface area contributed by atoms with Crippen LogP contribution in [0, 0.1) is 52.3 Å². The molecule has 6 rings (SSSR count). The maximum absolute atomic E-state index is 12.8. The molecule has 39 heavy (non-hydrogen) atoms. The lowest BCUT2D eigenvalue weighted by Gasteiger charge is -2.62. The molecule has 5 saturated carbocycles. The van der Waals surface area contributed by atoms with Crippen LogP contribution in [0.1, 0.15) is 128 Å². The summed E-state index contributed by atoms with van der Waals surface area (Å²) >= 11 is 0. The van der Waals surface area contributed by atoms with Crippen molar-refractivity contribution in [2.45, 2.75) is 129 Å². The van der Waals surface area contributed by atoms with E-state index in [1.807, 2.05) is 30.3 Å². The molecule has 0 aromatic heterocycles. The Hall–Kier alpha value is -1.35. The van der Waals surface area contributed by atoms with E-state index < -0.39 is 5.60 Å². The number of benzene rings is 1. The molecule has 0 aliphatic heterocycles. The number of hydrogen-bond donors (Lipinski definition) is 1. The summed E-state index contributed by atoms with van der Waals surface area (Å²) in [4.78, 5) is 12.8. The molecular weight excluding hydrogens is 480 g/mol. The van der Waals surface area contributed by atoms with Crippen LogP contribution in [0.4, 0.5) is 0 Å². The van der Waals surface area contributed by atoms with Crippen molar-refractivity contribution in [1.82, 2.24) is 0 Å². The quantitative estimate of drug-likeness (QED) is 0.339. The van der Waals surface area contributed by atoms with E-state index in [1.54, 1.807) is 0 Å². The zero-order valence-electron chi connectivity index (χ0n) is 25.2. The molecule has 0 unspecified atom stereocenters. The van der Waals surface area contributed by atoms with E-state index in [9.17, 15) is 9.90 Å². The Morgan fingerprint density at radius 3 is 2.38 bits per heavy atom. The second kappa shape index (κ2) is 10.5. The highest BCUT2D eigenvalue weighted by molar-refractivity contribution is 5.89. The van der Waals surface area contributed by atoms with Crippen LogP contribution in [0.3, 0.4) is 0 Å². The summed E-state index contributed by atoms with van der Waals surface area (Å²) in [6, 6.07) is 9.53. The second-order valence-electron chi connectivity index (χ2n) is 15.4. The summed E-state index contributed by atoms with van der Waals surface area (Å²) in [5, 5.41) is 11.1. The SMILES string of the molecule is CC[C@]1(O)CC[C@@]2(C)[C@@H](CC[C@@H]3[C@@H]2CC[C@]2(C)[C@@H]([C@H](C)CC[C@@H](OC(=O)c4ccccc4)C4CC4)CC[C@@H]32)C1. The summed E-state index contributed by atoms with van der Waals surface area (Å²) in [6.45, 7) is 9.98. The zero-order chi connectivity index (χ0) is 27.4. The number of hydrogen-bond acceptors (Lipinski definition) is 3. The van der Waals surface area contributed by atoms with E-state index in [0.29, 0.717) is 28.2 Å². The van der Waals surface area contributed by atoms with Gasteiger partial charge in [0, 0.05) is 0 Å². The fraction of sp³-hybridized carbons (Fsp3) is 0.806. The number of rotatable bonds is 8. The van der Waals surface area contributed by atoms with Crippen molar-refractivity contribution in [3.63, 3.8) is 0 Å². The third-order valence-electron chi connectivity index (χ3n) is 13.6. The molecule has 0 amide bonds. The molecule has 1 N–H and O–H groups in total. The summed E-state index contributed by atoms with van der Waals surface area (Å²) in [7, 11) is 0. The minimum absolute atomic E-state index is 0.0872. The first-order valence-electron chi connectivity index (χ1n) is 16.7. The largest absolute Gasteiger partial charge is 0.458 e. The predicted octanol–water partition coefficient (Wildman–Crippen LogP) is 8.84. The fourth-order valence-electron chi connectivity index (χ4n) is 10.9. The smallest absolute Gasteiger partial charge is 0.338 e. The highest BCUT2D eigenvalue weighted by atomic mass is 16.5. The van der Waals surface area contributed by atoms with Crippen molar-refractivity contribution in [3.05, 3.63) is 35.9 Å². The second-order valence-corrected chi connectivity index (χ2v) is 15.4. The molecule has 1 aromatic rings. The standard InChI is InChI=1S/C36H54O3/c1-5-36(38)22-21-34(3)27(23-36)14-15-28-30-17-16-29(35(30,4)20-19-31(28)34)24(2)11-18-32(25-12-13-25)39-33(37)26-9-7-6-8-10-26/h6-10,24-25,27-32,38H,5,11-23H2,1-4H3/t24-,27+,28+,29-,30+,31+,32-,34+,35-,36+/m1/s1. The molecule has 216 valence electrons. The summed E-state index contributed by atoms with van der Waals surface area (Å²) in [5.41, 5.74) is 1.19. The van der Waals surface area contributed by atoms with Crippen molar-refractivity contribution in [1.29, 1.82) is 0 Å². The van der Waals surface area contributed by atoms with Gasteiger partial charge in [-0.05, 0) is 154 Å². The number of carbonyl (C=O) groups excluding carboxylic acids is 1. The first-order chi connectivity index (χ1) is 18.7. The third kappa shape index (κ3) is 5.02. The average Bonchev–Trinajstić information content (AvgIpc) is 3.72. The molecule has 0 heterocycles. The van der Waals surface area contributed by atoms with E-state index in [-0.39, 0.29) is 12.1 Å². The Bertz CT molecular complexity index is 1020. The van der Waals surface area contributed by atoms with Crippen molar-refractivity contribution in [3.8, 4) is 0 Å². The molecule has 0 saturated heterocycles. The van der Waals surface area contributed by atoms with Crippen molar-refractivity contribution in [2.75, 3.05) is 0 Å². The van der Waals surface area contributed by atoms with Gasteiger partial charge >= 0.3 is 5.97 Å². The number of aliphatic hydroxyl groups is 1. The van der Waals surface area contributed by atoms with E-state index in [0.717, 1.165) is 55.3 Å². The average molecular weight is 535 g/mol. The lowest BCUT2D eigenvalue weighted by molar-refractivity contribution is -0.152. The van der Waals surface area contributed by atoms with Crippen LogP contribution in [-0.2, 0) is 4.74 Å². The summed E-state index contributed by atoms with van der Waals surface area (Å²) in [6.07, 6.45) is 17.2. The monoisotopic (exact) mass is 534 g/mol. The van der Waals surface area contributed by atoms with E-state index in [1.165, 1.54) is 64.2 Å². The molecule has 3 heteroatoms. The van der Waals surface area contributed by atoms with Gasteiger partial charge in [-0.3, -0.25) is 0 Å². The van der Waals surface area contributed by atoms with Crippen LogP contribution in [0.15, 0.2) is 30.3 Å². The fourth-order valence-corrected chi connectivity index (χ4v) is 10.9. The molecular formula is C36H54O3. The van der Waals surface area contributed by atoms with Crippen molar-refractivity contribution >= 4 is 5.97 Å². The van der Waals surface area contributed by atoms with Crippen LogP contribution in [0.5, 0.6) is 0 Å². The molecule has 0 radical (unpaired) electrons. The van der Waals surface area contributed by atoms with Crippen LogP contribution >= 0.6 is 0 Å². The van der Waals surface area contributed by atoms with E-state index in [2.05, 4.69) is 27.7 Å². The molecule has 5 aliphatic carbocycles. The Morgan fingerprint density at radius 1 is 0.923 bits per heavy atom. The van der Waals surface area contributed by atoms with Gasteiger partial charge < -0.3 is 9.84 Å². The first-order valence-corrected chi connectivity index (χ1v) is 16.7. The number of carbonyl (C=O) groups is 1. The summed E-state index contributed by atoms with van der Waals surface area (Å²) < 4.78 is 6.10. The van der Waals surface area contributed by atoms with Crippen LogP contribution in [0.2, 0.25) is 0 Å². The molecule has 1 aromatic carbocycles. The first kappa shape index (κ1) is 27.8. The predicted molar refractivity (Wildman–Crippen MR) is 157 cm³/mol. The van der Waals surface area contributed by atoms with Crippen molar-refractivity contribution < 1.29 is 14.6 Å². The molecule has 5 fully saturated rings. The lowest BCUT2D eigenvalue weighted by Crippen LogP contribution is -2.56. The van der Waals surface area contributed by atoms with Crippen LogP contribution in [-0.4, -0.2) is 22.8 Å². The van der Waals surface area contributed by atoms with Gasteiger partial charge in [-0.15, -0.1) is 0 Å². The van der Waals surface area contributed by atoms with Crippen LogP contribution < -0.4 is 0 Å². The molecule has 10 atom stereocenters. The lowest BCUT2D eigenvalue weighted by atomic mass is 9.43. The molecule has 0 bridgehead atoms. The molecule has 0 spiro atoms. The highest BCUT2D eigenvalue weighted by Crippen LogP contribution is 2.69. The van der Waals surface area contributed by atoms with E-state index in [4.69, 9.17) is 4.74 Å². The summed E-state index contributed by atoms with van der Waals surface area (Å²) in [5.74, 6) is 5.27. The van der Waals surface area contributed by atoms with Gasteiger partial charge in [0.1, 0.15) is 6.10 Å². The Balaban J connectivity index is 1.09. The normalized spacial score (nSPS) is 43.1. The van der Waals surface area contributed by atoms with Gasteiger partial charge in [0.05, 0.1) is 11.2 Å². The molecule has 5 aliphatic rings. The van der Waals surface area contributed by atoms with Gasteiger partial charge in [-0.2, -0.15) is 0 Å². The highest BCUT2D eigenvalue weighted by Gasteiger charge is 2.61. The number of fused-ring (bicyclic) bond motifs is 5. The Kier molecular flexibility index (Phi) is 7.47. The maximum atomic E-state index is 12.8. The molecule has 3 nitrogen and oxygen atoms in total. The minimum Gasteiger partial charge on any atom is -0.458 e. The van der Waals surface area contributed by atoms with Gasteiger partial charge in [-0.25, -0.2) is 4.79 Å². The van der Waals surface area contributed by atoms with Gasteiger partial charge in [0.25, 0.3) is 0 Å². The number of ether oxygens (including phenoxy) is 1. The minimum atomic E-state index is -0.401. The van der Waals surface area contributed by atoms with Gasteiger partial charge in [0.15, 0.2) is 0 Å². The Labute approximate surface area is 237 Å². The zero-order valence-corrected chi connectivity index (χ0v) is 25.2. The van der Waals surface area contributed by atoms with Crippen molar-refractivity contribution in [2.24, 2.45) is 52.3 Å². The number of esters is 1. The topological polar surface area (TPSA) is 46.5 Å². The third-order valence-corrected chi connectivity index (χ3v) is 13.6. The van der Waals surface area contributed by atoms with E-state index >= 15 is 0 Å². The van der Waals surface area contributed by atoms with Gasteiger partial charge in [0.2, 0.25) is 0 Å². The van der Waals surface area contributed by atoms with Gasteiger partial charge in [-0.1, -0.05) is 45.9 Å². The Morgan fingerprint density at radius 2 is 1.67 bits per heavy atom.